The molecule has 1 fully saturated rings. The topological polar surface area (TPSA) is 24.5 Å². The molecule has 1 heterocycles. The average Bonchev–Trinajstić information content (AvgIpc) is 2.54. The molecule has 150 valence electrons. The lowest BCUT2D eigenvalue weighted by Gasteiger charge is -2.35. The maximum absolute atomic E-state index is 13.6. The van der Waals surface area contributed by atoms with Crippen molar-refractivity contribution in [3.8, 4) is 5.75 Å². The number of benzene rings is 1. The summed E-state index contributed by atoms with van der Waals surface area (Å²) in [4.78, 5) is 1.47. The van der Waals surface area contributed by atoms with E-state index in [9.17, 15) is 30.7 Å². The van der Waals surface area contributed by atoms with Crippen LogP contribution in [0.1, 0.15) is 22.7 Å². The number of halogens is 8. The van der Waals surface area contributed by atoms with Crippen LogP contribution in [-0.2, 0) is 12.4 Å². The highest BCUT2D eigenvalue weighted by Crippen LogP contribution is 2.45. The zero-order chi connectivity index (χ0) is 18.8. The lowest BCUT2D eigenvalue weighted by atomic mass is 9.95. The molecule has 0 amide bonds. The third-order valence-electron chi connectivity index (χ3n) is 4.07. The highest BCUT2D eigenvalue weighted by atomic mass is 35.5. The fraction of sp³-hybridized carbons (Fsp3) is 0.600. The molecular weight excluding hydrogens is 393 g/mol. The van der Waals surface area contributed by atoms with E-state index in [-0.39, 0.29) is 31.6 Å². The molecule has 1 aliphatic heterocycles. The largest absolute Gasteiger partial charge is 0.496 e. The highest BCUT2D eigenvalue weighted by molar-refractivity contribution is 5.85. The Morgan fingerprint density at radius 1 is 1.08 bits per heavy atom. The fourth-order valence-corrected chi connectivity index (χ4v) is 2.89. The molecule has 0 radical (unpaired) electrons. The lowest BCUT2D eigenvalue weighted by molar-refractivity contribution is -0.144. The monoisotopic (exact) mass is 410 g/mol. The van der Waals surface area contributed by atoms with Crippen LogP contribution >= 0.6 is 12.4 Å². The van der Waals surface area contributed by atoms with E-state index in [1.54, 1.807) is 0 Å². The van der Waals surface area contributed by atoms with Gasteiger partial charge in [-0.3, -0.25) is 4.90 Å². The third-order valence-corrected chi connectivity index (χ3v) is 4.07. The molecule has 1 saturated heterocycles. The number of hydrogen-bond acceptors (Lipinski definition) is 3. The Bertz CT molecular complexity index is 601. The van der Waals surface area contributed by atoms with Gasteiger partial charge in [0.2, 0.25) is 0 Å². The number of methoxy groups -OCH3 is 1. The molecule has 0 spiro atoms. The van der Waals surface area contributed by atoms with Crippen LogP contribution in [0.5, 0.6) is 5.75 Å². The minimum Gasteiger partial charge on any atom is -0.496 e. The summed E-state index contributed by atoms with van der Waals surface area (Å²) in [6.45, 7) is 0.262. The normalized spacial score (nSPS) is 17.5. The standard InChI is InChI=1S/C15H17F7N2O.ClH/c1-25-12-7-9(14(17,18)19)6-10(15(20,21)22)13(12)11(8-16)24-4-2-23-3-5-24;/h6-7,11,23H,2-5,8H2,1H3;1H/t11-;/m0./s1. The molecule has 1 atom stereocenters. The summed E-state index contributed by atoms with van der Waals surface area (Å²) in [5.41, 5.74) is -3.62. The molecule has 1 aliphatic rings. The van der Waals surface area contributed by atoms with Gasteiger partial charge in [-0.1, -0.05) is 0 Å². The van der Waals surface area contributed by atoms with Crippen molar-refractivity contribution in [1.29, 1.82) is 0 Å². The van der Waals surface area contributed by atoms with Crippen LogP contribution in [0, 0.1) is 0 Å². The van der Waals surface area contributed by atoms with Crippen molar-refractivity contribution in [2.75, 3.05) is 40.0 Å². The molecule has 0 bridgehead atoms. The Labute approximate surface area is 151 Å². The molecule has 2 rings (SSSR count). The van der Waals surface area contributed by atoms with Crippen molar-refractivity contribution in [3.63, 3.8) is 0 Å². The second-order valence-corrected chi connectivity index (χ2v) is 5.59. The van der Waals surface area contributed by atoms with E-state index in [2.05, 4.69) is 5.32 Å². The maximum Gasteiger partial charge on any atom is 0.416 e. The predicted octanol–water partition coefficient (Wildman–Crippen LogP) is 4.07. The first kappa shape index (κ1) is 22.8. The number of hydrogen-bond donors (Lipinski definition) is 1. The molecule has 0 unspecified atom stereocenters. The Kier molecular flexibility index (Phi) is 7.55. The van der Waals surface area contributed by atoms with Crippen molar-refractivity contribution >= 4 is 12.4 Å². The van der Waals surface area contributed by atoms with Crippen molar-refractivity contribution in [2.24, 2.45) is 0 Å². The van der Waals surface area contributed by atoms with Crippen LogP contribution in [0.15, 0.2) is 12.1 Å². The van der Waals surface area contributed by atoms with Gasteiger partial charge in [-0.15, -0.1) is 12.4 Å². The number of piperazine rings is 1. The van der Waals surface area contributed by atoms with E-state index in [4.69, 9.17) is 4.74 Å². The molecule has 3 nitrogen and oxygen atoms in total. The Morgan fingerprint density at radius 2 is 1.65 bits per heavy atom. The maximum atomic E-state index is 13.6. The molecule has 0 aliphatic carbocycles. The minimum absolute atomic E-state index is 0. The first-order chi connectivity index (χ1) is 11.6. The van der Waals surface area contributed by atoms with Crippen LogP contribution < -0.4 is 10.1 Å². The second kappa shape index (κ2) is 8.62. The molecule has 11 heteroatoms. The van der Waals surface area contributed by atoms with Crippen LogP contribution in [0.25, 0.3) is 0 Å². The molecular formula is C15H18ClF7N2O. The van der Waals surface area contributed by atoms with Crippen LogP contribution in [-0.4, -0.2) is 44.9 Å². The number of ether oxygens (including phenoxy) is 1. The third kappa shape index (κ3) is 4.92. The van der Waals surface area contributed by atoms with E-state index < -0.39 is 47.5 Å². The predicted molar refractivity (Wildman–Crippen MR) is 83.4 cm³/mol. The first-order valence-corrected chi connectivity index (χ1v) is 7.46. The summed E-state index contributed by atoms with van der Waals surface area (Å²) in [5.74, 6) is -0.622. The van der Waals surface area contributed by atoms with Gasteiger partial charge in [-0.05, 0) is 12.1 Å². The van der Waals surface area contributed by atoms with Gasteiger partial charge in [0.05, 0.1) is 24.3 Å². The van der Waals surface area contributed by atoms with Gasteiger partial charge < -0.3 is 10.1 Å². The van der Waals surface area contributed by atoms with E-state index in [1.165, 1.54) is 4.90 Å². The van der Waals surface area contributed by atoms with Gasteiger partial charge >= 0.3 is 12.4 Å². The molecule has 1 N–H and O–H groups in total. The number of nitrogens with one attached hydrogen (secondary N) is 1. The Balaban J connectivity index is 0.00000338. The zero-order valence-electron chi connectivity index (χ0n) is 13.7. The van der Waals surface area contributed by atoms with E-state index in [0.29, 0.717) is 19.2 Å². The summed E-state index contributed by atoms with van der Waals surface area (Å²) in [7, 11) is 0.964. The molecule has 26 heavy (non-hydrogen) atoms. The van der Waals surface area contributed by atoms with Gasteiger partial charge in [-0.2, -0.15) is 26.3 Å². The van der Waals surface area contributed by atoms with E-state index >= 15 is 0 Å². The highest BCUT2D eigenvalue weighted by Gasteiger charge is 2.42. The van der Waals surface area contributed by atoms with Crippen molar-refractivity contribution < 1.29 is 35.5 Å². The molecule has 0 saturated carbocycles. The van der Waals surface area contributed by atoms with Crippen LogP contribution in [0.2, 0.25) is 0 Å². The summed E-state index contributed by atoms with van der Waals surface area (Å²) in [6, 6.07) is -0.839. The summed E-state index contributed by atoms with van der Waals surface area (Å²) < 4.78 is 97.5. The average molecular weight is 411 g/mol. The fourth-order valence-electron chi connectivity index (χ4n) is 2.89. The minimum atomic E-state index is -5.08. The van der Waals surface area contributed by atoms with Crippen molar-refractivity contribution in [1.82, 2.24) is 10.2 Å². The number of alkyl halides is 7. The van der Waals surface area contributed by atoms with Gasteiger partial charge in [0, 0.05) is 31.7 Å². The quantitative estimate of drug-likeness (QED) is 0.757. The number of nitrogens with zero attached hydrogens (tertiary/aromatic N) is 1. The Hall–Kier alpha value is -1.26. The van der Waals surface area contributed by atoms with Gasteiger partial charge in [0.1, 0.15) is 12.4 Å². The zero-order valence-corrected chi connectivity index (χ0v) is 14.5. The van der Waals surface area contributed by atoms with Gasteiger partial charge in [0.15, 0.2) is 0 Å². The molecule has 1 aromatic carbocycles. The van der Waals surface area contributed by atoms with E-state index in [1.807, 2.05) is 0 Å². The summed E-state index contributed by atoms with van der Waals surface area (Å²) in [5, 5.41) is 2.98. The lowest BCUT2D eigenvalue weighted by Crippen LogP contribution is -2.46. The van der Waals surface area contributed by atoms with E-state index in [0.717, 1.165) is 7.11 Å². The summed E-state index contributed by atoms with van der Waals surface area (Å²) >= 11 is 0. The molecule has 1 aromatic rings. The smallest absolute Gasteiger partial charge is 0.416 e. The van der Waals surface area contributed by atoms with Crippen LogP contribution in [0.4, 0.5) is 30.7 Å². The van der Waals surface area contributed by atoms with Crippen molar-refractivity contribution in [2.45, 2.75) is 18.4 Å². The first-order valence-electron chi connectivity index (χ1n) is 7.46. The van der Waals surface area contributed by atoms with Crippen molar-refractivity contribution in [3.05, 3.63) is 28.8 Å². The second-order valence-electron chi connectivity index (χ2n) is 5.59. The van der Waals surface area contributed by atoms with Crippen LogP contribution in [0.3, 0.4) is 0 Å². The number of rotatable bonds is 4. The summed E-state index contributed by atoms with van der Waals surface area (Å²) in [6.07, 6.45) is -10.1. The molecule has 0 aromatic heterocycles. The Morgan fingerprint density at radius 3 is 2.08 bits per heavy atom. The van der Waals surface area contributed by atoms with Gasteiger partial charge in [0.25, 0.3) is 0 Å². The SMILES string of the molecule is COc1cc(C(F)(F)F)cc(C(F)(F)F)c1[C@H](CF)N1CCNCC1.Cl. The van der Waals surface area contributed by atoms with Gasteiger partial charge in [-0.25, -0.2) is 4.39 Å².